The summed E-state index contributed by atoms with van der Waals surface area (Å²) in [7, 11) is 1.86. The molecule has 0 N–H and O–H groups in total. The average molecular weight is 390 g/mol. The fourth-order valence-electron chi connectivity index (χ4n) is 4.74. The Morgan fingerprint density at radius 3 is 2.00 bits per heavy atom. The Labute approximate surface area is 171 Å². The van der Waals surface area contributed by atoms with E-state index in [1.807, 2.05) is 0 Å². The molecule has 2 aliphatic rings. The van der Waals surface area contributed by atoms with Crippen LogP contribution in [0.15, 0.2) is 83.7 Å². The molecule has 0 heterocycles. The van der Waals surface area contributed by atoms with Crippen molar-refractivity contribution < 1.29 is 0 Å². The first-order valence-corrected chi connectivity index (χ1v) is 12.1. The molecule has 0 aromatic heterocycles. The van der Waals surface area contributed by atoms with E-state index in [1.165, 1.54) is 42.7 Å². The highest BCUT2D eigenvalue weighted by molar-refractivity contribution is 7.77. The van der Waals surface area contributed by atoms with Crippen molar-refractivity contribution in [1.82, 2.24) is 4.90 Å². The summed E-state index contributed by atoms with van der Waals surface area (Å²) in [6.07, 6.45) is 12.8. The molecule has 2 heteroatoms. The van der Waals surface area contributed by atoms with Crippen molar-refractivity contribution in [3.05, 3.63) is 83.7 Å². The van der Waals surface area contributed by atoms with E-state index in [0.29, 0.717) is 6.04 Å². The summed E-state index contributed by atoms with van der Waals surface area (Å²) in [6.45, 7) is 2.43. The zero-order valence-corrected chi connectivity index (χ0v) is 18.1. The zero-order chi connectivity index (χ0) is 19.3. The molecule has 0 bridgehead atoms. The minimum Gasteiger partial charge on any atom is -0.297 e. The Kier molecular flexibility index (Phi) is 6.45. The third-order valence-corrected chi connectivity index (χ3v) is 9.03. The fraction of sp³-hybridized carbons (Fsp3) is 0.385. The summed E-state index contributed by atoms with van der Waals surface area (Å²) in [5, 5.41) is 4.48. The summed E-state index contributed by atoms with van der Waals surface area (Å²) in [6, 6.07) is 23.5. The van der Waals surface area contributed by atoms with Gasteiger partial charge in [0.1, 0.15) is 0 Å². The lowest BCUT2D eigenvalue weighted by molar-refractivity contribution is 0.162. The normalized spacial score (nSPS) is 19.0. The summed E-state index contributed by atoms with van der Waals surface area (Å²) >= 11 is 0. The highest BCUT2D eigenvalue weighted by Gasteiger charge is 2.29. The monoisotopic (exact) mass is 389 g/mol. The lowest BCUT2D eigenvalue weighted by Gasteiger charge is -2.37. The van der Waals surface area contributed by atoms with Gasteiger partial charge >= 0.3 is 0 Å². The van der Waals surface area contributed by atoms with Crippen molar-refractivity contribution in [1.29, 1.82) is 0 Å². The highest BCUT2D eigenvalue weighted by atomic mass is 31.1. The van der Waals surface area contributed by atoms with Crippen LogP contribution in [0.4, 0.5) is 0 Å². The first kappa shape index (κ1) is 19.6. The third kappa shape index (κ3) is 4.17. The average Bonchev–Trinajstić information content (AvgIpc) is 3.24. The summed E-state index contributed by atoms with van der Waals surface area (Å²) in [4.78, 5) is 2.67. The minimum absolute atomic E-state index is 0.500. The quantitative estimate of drug-likeness (QED) is 0.549. The van der Waals surface area contributed by atoms with Gasteiger partial charge in [-0.25, -0.2) is 0 Å². The topological polar surface area (TPSA) is 3.24 Å². The minimum atomic E-state index is -0.500. The second-order valence-corrected chi connectivity index (χ2v) is 10.3. The van der Waals surface area contributed by atoms with Gasteiger partial charge in [0.05, 0.1) is 0 Å². The lowest BCUT2D eigenvalue weighted by atomic mass is 9.92. The van der Waals surface area contributed by atoms with Crippen LogP contribution >= 0.6 is 7.92 Å². The van der Waals surface area contributed by atoms with Gasteiger partial charge in [0, 0.05) is 12.1 Å². The van der Waals surface area contributed by atoms with Gasteiger partial charge in [0.25, 0.3) is 0 Å². The van der Waals surface area contributed by atoms with Crippen LogP contribution in [0.2, 0.25) is 0 Å². The van der Waals surface area contributed by atoms with Gasteiger partial charge in [-0.1, -0.05) is 92.1 Å². The van der Waals surface area contributed by atoms with E-state index in [-0.39, 0.29) is 0 Å². The van der Waals surface area contributed by atoms with Crippen LogP contribution in [0.3, 0.4) is 0 Å². The van der Waals surface area contributed by atoms with Crippen molar-refractivity contribution in [3.8, 4) is 0 Å². The van der Waals surface area contributed by atoms with E-state index in [1.54, 1.807) is 10.9 Å². The molecule has 1 nitrogen and oxygen atoms in total. The zero-order valence-electron chi connectivity index (χ0n) is 17.2. The molecular formula is C26H32NP. The van der Waals surface area contributed by atoms with E-state index in [4.69, 9.17) is 0 Å². The van der Waals surface area contributed by atoms with E-state index in [9.17, 15) is 0 Å². The van der Waals surface area contributed by atoms with Gasteiger partial charge in [-0.3, -0.25) is 4.90 Å². The largest absolute Gasteiger partial charge is 0.297 e. The van der Waals surface area contributed by atoms with Crippen LogP contribution in [0.1, 0.15) is 45.4 Å². The van der Waals surface area contributed by atoms with Gasteiger partial charge in [0.2, 0.25) is 0 Å². The second-order valence-electron chi connectivity index (χ2n) is 8.16. The maximum Gasteiger partial charge on any atom is 0.0291 e. The van der Waals surface area contributed by atoms with Crippen LogP contribution in [0.25, 0.3) is 0 Å². The van der Waals surface area contributed by atoms with E-state index >= 15 is 0 Å². The molecule has 28 heavy (non-hydrogen) atoms. The maximum atomic E-state index is 2.67. The number of benzene rings is 2. The smallest absolute Gasteiger partial charge is 0.0291 e. The molecule has 146 valence electrons. The molecule has 0 aliphatic heterocycles. The Morgan fingerprint density at radius 1 is 0.857 bits per heavy atom. The lowest BCUT2D eigenvalue weighted by Crippen LogP contribution is -2.40. The molecule has 2 aromatic carbocycles. The molecule has 2 aromatic rings. The molecule has 0 unspecified atom stereocenters. The van der Waals surface area contributed by atoms with E-state index in [0.717, 1.165) is 12.5 Å². The van der Waals surface area contributed by atoms with Crippen molar-refractivity contribution in [2.75, 3.05) is 7.05 Å². The first-order chi connectivity index (χ1) is 13.8. The number of likely N-dealkylation sites (N-methyl/N-ethyl adjacent to an activating group) is 1. The maximum absolute atomic E-state index is 2.67. The molecule has 1 fully saturated rings. The van der Waals surface area contributed by atoms with Gasteiger partial charge in [-0.15, -0.1) is 0 Å². The molecule has 0 amide bonds. The van der Waals surface area contributed by atoms with E-state index in [2.05, 4.69) is 91.7 Å². The highest BCUT2D eigenvalue weighted by Crippen LogP contribution is 2.49. The molecular weight excluding hydrogens is 357 g/mol. The predicted octanol–water partition coefficient (Wildman–Crippen LogP) is 5.99. The van der Waals surface area contributed by atoms with Crippen molar-refractivity contribution in [2.24, 2.45) is 0 Å². The summed E-state index contributed by atoms with van der Waals surface area (Å²) in [5.41, 5.74) is 1.63. The standard InChI is InChI=1S/C26H32NP/c1-21(27(2)22-13-6-3-7-14-22)25-19-12-20-26(25)28(23-15-8-4-9-16-23)24-17-10-5-11-18-24/h4-5,8-12,15-18,20-22H,3,6-7,13-14,19H2,1-2H3/t21-/m1/s1. The van der Waals surface area contributed by atoms with Crippen LogP contribution < -0.4 is 10.6 Å². The predicted molar refractivity (Wildman–Crippen MR) is 124 cm³/mol. The molecule has 4 rings (SSSR count). The van der Waals surface area contributed by atoms with Crippen LogP contribution in [-0.2, 0) is 0 Å². The molecule has 1 atom stereocenters. The Bertz CT molecular complexity index is 779. The van der Waals surface area contributed by atoms with Crippen LogP contribution in [0, 0.1) is 0 Å². The van der Waals surface area contributed by atoms with Crippen LogP contribution in [0.5, 0.6) is 0 Å². The molecule has 2 aliphatic carbocycles. The molecule has 1 saturated carbocycles. The van der Waals surface area contributed by atoms with Crippen molar-refractivity contribution in [3.63, 3.8) is 0 Å². The summed E-state index contributed by atoms with van der Waals surface area (Å²) in [5.74, 6) is 0. The van der Waals surface area contributed by atoms with Gasteiger partial charge in [-0.2, -0.15) is 0 Å². The van der Waals surface area contributed by atoms with E-state index < -0.39 is 7.92 Å². The number of allylic oxidation sites excluding steroid dienone is 3. The molecule has 0 radical (unpaired) electrons. The van der Waals surface area contributed by atoms with Crippen molar-refractivity contribution >= 4 is 18.5 Å². The fourth-order valence-corrected chi connectivity index (χ4v) is 7.36. The Hall–Kier alpha value is -1.69. The van der Waals surface area contributed by atoms with Gasteiger partial charge in [-0.05, 0) is 62.7 Å². The Balaban J connectivity index is 1.70. The second kappa shape index (κ2) is 9.21. The SMILES string of the molecule is C[C@H](C1=C(P(c2ccccc2)c2ccccc2)C=CC1)N(C)C1CCCCC1. The Morgan fingerprint density at radius 2 is 1.43 bits per heavy atom. The van der Waals surface area contributed by atoms with Gasteiger partial charge < -0.3 is 0 Å². The summed E-state index contributed by atoms with van der Waals surface area (Å²) < 4.78 is 0. The van der Waals surface area contributed by atoms with Crippen molar-refractivity contribution in [2.45, 2.75) is 57.5 Å². The van der Waals surface area contributed by atoms with Gasteiger partial charge in [0.15, 0.2) is 0 Å². The number of rotatable bonds is 6. The number of hydrogen-bond acceptors (Lipinski definition) is 1. The number of hydrogen-bond donors (Lipinski definition) is 0. The molecule has 0 saturated heterocycles. The first-order valence-electron chi connectivity index (χ1n) is 10.8. The molecule has 0 spiro atoms. The van der Waals surface area contributed by atoms with Crippen LogP contribution in [-0.4, -0.2) is 24.0 Å². The third-order valence-electron chi connectivity index (χ3n) is 6.48. The number of nitrogens with zero attached hydrogens (tertiary/aromatic N) is 1.